The van der Waals surface area contributed by atoms with E-state index in [0.717, 1.165) is 16.7 Å². The molecule has 100 valence electrons. The Morgan fingerprint density at radius 1 is 0.895 bits per heavy atom. The molecule has 0 spiro atoms. The highest BCUT2D eigenvalue weighted by atomic mass is 32.2. The highest BCUT2D eigenvalue weighted by Gasteiger charge is 2.20. The van der Waals surface area contributed by atoms with E-state index >= 15 is 0 Å². The van der Waals surface area contributed by atoms with Crippen molar-refractivity contribution in [2.45, 2.75) is 11.8 Å². The quantitative estimate of drug-likeness (QED) is 0.863. The van der Waals surface area contributed by atoms with E-state index in [4.69, 9.17) is 0 Å². The van der Waals surface area contributed by atoms with E-state index in [1.165, 1.54) is 4.31 Å². The summed E-state index contributed by atoms with van der Waals surface area (Å²) < 4.78 is 25.8. The van der Waals surface area contributed by atoms with Crippen molar-refractivity contribution in [2.75, 3.05) is 14.1 Å². The summed E-state index contributed by atoms with van der Waals surface area (Å²) in [5.74, 6) is 0. The number of hydrogen-bond donors (Lipinski definition) is 0. The molecule has 0 aliphatic carbocycles. The molecule has 0 unspecified atom stereocenters. The third-order valence-electron chi connectivity index (χ3n) is 3.13. The Bertz CT molecular complexity index is 677. The minimum Gasteiger partial charge on any atom is -0.207 e. The van der Waals surface area contributed by atoms with E-state index in [0.29, 0.717) is 4.90 Å². The first-order valence-corrected chi connectivity index (χ1v) is 7.46. The third-order valence-corrected chi connectivity index (χ3v) is 5.09. The summed E-state index contributed by atoms with van der Waals surface area (Å²) in [5.41, 5.74) is 2.75. The van der Waals surface area contributed by atoms with Gasteiger partial charge in [-0.15, -0.1) is 0 Å². The summed E-state index contributed by atoms with van der Waals surface area (Å²) in [6.07, 6.45) is 0. The Kier molecular flexibility index (Phi) is 3.73. The van der Waals surface area contributed by atoms with Crippen LogP contribution in [-0.4, -0.2) is 26.8 Å². The number of nitrogens with zero attached hydrogens (tertiary/aromatic N) is 1. The molecule has 2 aromatic carbocycles. The van der Waals surface area contributed by atoms with E-state index < -0.39 is 10.0 Å². The van der Waals surface area contributed by atoms with Crippen LogP contribution in [0.2, 0.25) is 0 Å². The van der Waals surface area contributed by atoms with Crippen LogP contribution in [0.5, 0.6) is 0 Å². The number of rotatable bonds is 3. The fraction of sp³-hybridized carbons (Fsp3) is 0.200. The van der Waals surface area contributed by atoms with Gasteiger partial charge in [0.15, 0.2) is 0 Å². The standard InChI is InChI=1S/C15H17NO2S/c1-12-14(13-8-5-4-6-9-13)10-7-11-15(12)19(17,18)16(2)3/h4-11H,1-3H3. The van der Waals surface area contributed by atoms with E-state index in [1.54, 1.807) is 26.2 Å². The van der Waals surface area contributed by atoms with Crippen molar-refractivity contribution in [1.82, 2.24) is 4.31 Å². The van der Waals surface area contributed by atoms with Gasteiger partial charge < -0.3 is 0 Å². The van der Waals surface area contributed by atoms with Crippen LogP contribution < -0.4 is 0 Å². The average molecular weight is 275 g/mol. The molecule has 0 amide bonds. The predicted molar refractivity (Wildman–Crippen MR) is 77.5 cm³/mol. The van der Waals surface area contributed by atoms with Crippen molar-refractivity contribution in [1.29, 1.82) is 0 Å². The molecule has 0 N–H and O–H groups in total. The molecule has 0 aliphatic heterocycles. The lowest BCUT2D eigenvalue weighted by Crippen LogP contribution is -2.23. The molecule has 0 bridgehead atoms. The molecule has 2 rings (SSSR count). The van der Waals surface area contributed by atoms with Crippen molar-refractivity contribution in [2.24, 2.45) is 0 Å². The zero-order chi connectivity index (χ0) is 14.0. The minimum absolute atomic E-state index is 0.360. The molecule has 0 heterocycles. The Labute approximate surface area is 114 Å². The molecule has 0 aromatic heterocycles. The highest BCUT2D eigenvalue weighted by Crippen LogP contribution is 2.28. The topological polar surface area (TPSA) is 37.4 Å². The molecule has 19 heavy (non-hydrogen) atoms. The van der Waals surface area contributed by atoms with E-state index in [1.807, 2.05) is 43.3 Å². The summed E-state index contributed by atoms with van der Waals surface area (Å²) >= 11 is 0. The van der Waals surface area contributed by atoms with Crippen LogP contribution in [0.15, 0.2) is 53.4 Å². The van der Waals surface area contributed by atoms with Crippen LogP contribution in [0.3, 0.4) is 0 Å². The van der Waals surface area contributed by atoms with Gasteiger partial charge in [0.25, 0.3) is 0 Å². The van der Waals surface area contributed by atoms with Crippen LogP contribution in [0.4, 0.5) is 0 Å². The summed E-state index contributed by atoms with van der Waals surface area (Å²) in [7, 11) is -0.314. The lowest BCUT2D eigenvalue weighted by atomic mass is 10.0. The van der Waals surface area contributed by atoms with Gasteiger partial charge in [-0.2, -0.15) is 0 Å². The van der Waals surface area contributed by atoms with Crippen molar-refractivity contribution in [3.8, 4) is 11.1 Å². The summed E-state index contributed by atoms with van der Waals surface area (Å²) in [6.45, 7) is 1.85. The minimum atomic E-state index is -3.40. The lowest BCUT2D eigenvalue weighted by Gasteiger charge is -2.16. The van der Waals surface area contributed by atoms with Crippen molar-refractivity contribution in [3.63, 3.8) is 0 Å². The maximum absolute atomic E-state index is 12.3. The average Bonchev–Trinajstić information content (AvgIpc) is 2.39. The van der Waals surface area contributed by atoms with Crippen LogP contribution in [-0.2, 0) is 10.0 Å². The van der Waals surface area contributed by atoms with Crippen molar-refractivity contribution in [3.05, 3.63) is 54.1 Å². The normalized spacial score (nSPS) is 11.8. The van der Waals surface area contributed by atoms with Gasteiger partial charge in [-0.1, -0.05) is 42.5 Å². The van der Waals surface area contributed by atoms with Crippen LogP contribution >= 0.6 is 0 Å². The van der Waals surface area contributed by atoms with Crippen molar-refractivity contribution >= 4 is 10.0 Å². The molecule has 3 nitrogen and oxygen atoms in total. The zero-order valence-electron chi connectivity index (χ0n) is 11.3. The Balaban J connectivity index is 2.64. The Hall–Kier alpha value is -1.65. The van der Waals surface area contributed by atoms with Gasteiger partial charge in [0, 0.05) is 14.1 Å². The molecular weight excluding hydrogens is 258 g/mol. The maximum atomic E-state index is 12.3. The number of benzene rings is 2. The fourth-order valence-corrected chi connectivity index (χ4v) is 3.16. The summed E-state index contributed by atoms with van der Waals surface area (Å²) in [6, 6.07) is 15.2. The van der Waals surface area contributed by atoms with Crippen LogP contribution in [0.1, 0.15) is 5.56 Å². The molecule has 0 saturated carbocycles. The molecule has 0 aliphatic rings. The molecule has 0 atom stereocenters. The van der Waals surface area contributed by atoms with Gasteiger partial charge in [0.2, 0.25) is 10.0 Å². The van der Waals surface area contributed by atoms with Crippen molar-refractivity contribution < 1.29 is 8.42 Å². The van der Waals surface area contributed by atoms with Crippen LogP contribution in [0.25, 0.3) is 11.1 Å². The van der Waals surface area contributed by atoms with Gasteiger partial charge in [0.05, 0.1) is 4.90 Å². The van der Waals surface area contributed by atoms with E-state index in [2.05, 4.69) is 0 Å². The van der Waals surface area contributed by atoms with Gasteiger partial charge in [-0.3, -0.25) is 0 Å². The summed E-state index contributed by atoms with van der Waals surface area (Å²) in [4.78, 5) is 0.360. The Morgan fingerprint density at radius 3 is 2.11 bits per heavy atom. The molecule has 2 aromatic rings. The lowest BCUT2D eigenvalue weighted by molar-refractivity contribution is 0.520. The second kappa shape index (κ2) is 5.15. The second-order valence-electron chi connectivity index (χ2n) is 4.58. The third kappa shape index (κ3) is 2.55. The van der Waals surface area contributed by atoms with Gasteiger partial charge in [-0.05, 0) is 29.7 Å². The maximum Gasteiger partial charge on any atom is 0.242 e. The largest absolute Gasteiger partial charge is 0.242 e. The first kappa shape index (κ1) is 13.8. The Morgan fingerprint density at radius 2 is 1.53 bits per heavy atom. The predicted octanol–water partition coefficient (Wildman–Crippen LogP) is 2.91. The summed E-state index contributed by atoms with van der Waals surface area (Å²) in [5, 5.41) is 0. The first-order valence-electron chi connectivity index (χ1n) is 6.02. The zero-order valence-corrected chi connectivity index (χ0v) is 12.1. The first-order chi connectivity index (χ1) is 8.94. The van der Waals surface area contributed by atoms with Crippen LogP contribution in [0, 0.1) is 6.92 Å². The molecular formula is C15H17NO2S. The molecule has 0 saturated heterocycles. The van der Waals surface area contributed by atoms with E-state index in [-0.39, 0.29) is 0 Å². The van der Waals surface area contributed by atoms with E-state index in [9.17, 15) is 8.42 Å². The SMILES string of the molecule is Cc1c(-c2ccccc2)cccc1S(=O)(=O)N(C)C. The van der Waals surface area contributed by atoms with Gasteiger partial charge in [-0.25, -0.2) is 12.7 Å². The number of hydrogen-bond acceptors (Lipinski definition) is 2. The molecule has 0 fully saturated rings. The monoisotopic (exact) mass is 275 g/mol. The smallest absolute Gasteiger partial charge is 0.207 e. The number of sulfonamides is 1. The second-order valence-corrected chi connectivity index (χ2v) is 6.70. The van der Waals surface area contributed by atoms with Gasteiger partial charge in [0.1, 0.15) is 0 Å². The molecule has 4 heteroatoms. The fourth-order valence-electron chi connectivity index (χ4n) is 2.02. The highest BCUT2D eigenvalue weighted by molar-refractivity contribution is 7.89. The molecule has 0 radical (unpaired) electrons. The van der Waals surface area contributed by atoms with Gasteiger partial charge >= 0.3 is 0 Å².